The topological polar surface area (TPSA) is 12.0 Å². The van der Waals surface area contributed by atoms with E-state index in [1.165, 1.54) is 12.0 Å². The molecule has 0 fully saturated rings. The summed E-state index contributed by atoms with van der Waals surface area (Å²) in [7, 11) is 1.99. The van der Waals surface area contributed by atoms with Crippen LogP contribution in [0.2, 0.25) is 5.02 Å². The van der Waals surface area contributed by atoms with E-state index >= 15 is 0 Å². The van der Waals surface area contributed by atoms with Gasteiger partial charge in [-0.2, -0.15) is 0 Å². The number of hydrogen-bond acceptors (Lipinski definition) is 1. The first-order valence-corrected chi connectivity index (χ1v) is 6.27. The van der Waals surface area contributed by atoms with Gasteiger partial charge in [0, 0.05) is 9.61 Å². The third kappa shape index (κ3) is 3.11. The molecule has 3 heteroatoms. The molecule has 0 radical (unpaired) electrons. The lowest BCUT2D eigenvalue weighted by Crippen LogP contribution is -2.15. The van der Waals surface area contributed by atoms with Crippen molar-refractivity contribution in [2.24, 2.45) is 0 Å². The Morgan fingerprint density at radius 1 is 1.50 bits per heavy atom. The zero-order chi connectivity index (χ0) is 10.6. The van der Waals surface area contributed by atoms with Gasteiger partial charge >= 0.3 is 0 Å². The number of rotatable bonds is 4. The lowest BCUT2D eigenvalue weighted by Gasteiger charge is -2.16. The standard InChI is InChI=1S/C11H15ClIN/c1-3-4-11(14-2)8-5-6-10(13)9(12)7-8/h5-7,11,14H,3-4H2,1-2H3. The van der Waals surface area contributed by atoms with Crippen molar-refractivity contribution in [3.8, 4) is 0 Å². The van der Waals surface area contributed by atoms with E-state index in [-0.39, 0.29) is 0 Å². The van der Waals surface area contributed by atoms with Gasteiger partial charge < -0.3 is 5.32 Å². The Bertz CT molecular complexity index is 301. The molecular formula is C11H15ClIN. The summed E-state index contributed by atoms with van der Waals surface area (Å²) < 4.78 is 1.11. The molecule has 1 N–H and O–H groups in total. The number of halogens is 2. The fourth-order valence-corrected chi connectivity index (χ4v) is 2.02. The van der Waals surface area contributed by atoms with Gasteiger partial charge in [0.15, 0.2) is 0 Å². The summed E-state index contributed by atoms with van der Waals surface area (Å²) in [5.74, 6) is 0. The van der Waals surface area contributed by atoms with Crippen molar-refractivity contribution in [1.29, 1.82) is 0 Å². The molecule has 0 saturated heterocycles. The summed E-state index contributed by atoms with van der Waals surface area (Å²) >= 11 is 8.33. The molecule has 0 aromatic heterocycles. The first-order valence-electron chi connectivity index (χ1n) is 4.81. The average molecular weight is 324 g/mol. The van der Waals surface area contributed by atoms with Gasteiger partial charge in [-0.15, -0.1) is 0 Å². The number of nitrogens with one attached hydrogen (secondary N) is 1. The summed E-state index contributed by atoms with van der Waals surface area (Å²) in [6, 6.07) is 6.69. The Labute approximate surface area is 104 Å². The van der Waals surface area contributed by atoms with Gasteiger partial charge in [0.1, 0.15) is 0 Å². The Morgan fingerprint density at radius 2 is 2.21 bits per heavy atom. The molecule has 0 aliphatic carbocycles. The largest absolute Gasteiger partial charge is 0.313 e. The third-order valence-corrected chi connectivity index (χ3v) is 3.84. The van der Waals surface area contributed by atoms with Crippen molar-refractivity contribution in [3.05, 3.63) is 32.4 Å². The molecule has 0 spiro atoms. The Balaban J connectivity index is 2.88. The van der Waals surface area contributed by atoms with Crippen LogP contribution in [-0.2, 0) is 0 Å². The summed E-state index contributed by atoms with van der Waals surface area (Å²) in [5, 5.41) is 4.15. The quantitative estimate of drug-likeness (QED) is 0.826. The van der Waals surface area contributed by atoms with E-state index < -0.39 is 0 Å². The highest BCUT2D eigenvalue weighted by molar-refractivity contribution is 14.1. The summed E-state index contributed by atoms with van der Waals surface area (Å²) in [6.45, 7) is 2.19. The zero-order valence-corrected chi connectivity index (χ0v) is 11.4. The van der Waals surface area contributed by atoms with E-state index in [1.807, 2.05) is 7.05 Å². The van der Waals surface area contributed by atoms with Crippen molar-refractivity contribution < 1.29 is 0 Å². The Morgan fingerprint density at radius 3 is 2.71 bits per heavy atom. The van der Waals surface area contributed by atoms with Crippen LogP contribution in [0.4, 0.5) is 0 Å². The van der Waals surface area contributed by atoms with Crippen LogP contribution < -0.4 is 5.32 Å². The minimum absolute atomic E-state index is 0.425. The lowest BCUT2D eigenvalue weighted by molar-refractivity contribution is 0.541. The molecule has 1 aromatic rings. The second kappa shape index (κ2) is 5.93. The molecule has 0 aliphatic rings. The molecule has 14 heavy (non-hydrogen) atoms. The highest BCUT2D eigenvalue weighted by Gasteiger charge is 2.08. The maximum absolute atomic E-state index is 6.08. The molecule has 0 saturated carbocycles. The Kier molecular flexibility index (Phi) is 5.20. The van der Waals surface area contributed by atoms with Gasteiger partial charge in [0.2, 0.25) is 0 Å². The van der Waals surface area contributed by atoms with Gasteiger partial charge in [-0.3, -0.25) is 0 Å². The third-order valence-electron chi connectivity index (χ3n) is 2.27. The predicted octanol–water partition coefficient (Wildman–Crippen LogP) is 4.01. The maximum atomic E-state index is 6.08. The fourth-order valence-electron chi connectivity index (χ4n) is 1.50. The first kappa shape index (κ1) is 12.3. The van der Waals surface area contributed by atoms with Crippen LogP contribution >= 0.6 is 34.2 Å². The van der Waals surface area contributed by atoms with Gasteiger partial charge in [0.25, 0.3) is 0 Å². The monoisotopic (exact) mass is 323 g/mol. The second-order valence-corrected chi connectivity index (χ2v) is 4.87. The minimum atomic E-state index is 0.425. The van der Waals surface area contributed by atoms with Gasteiger partial charge in [-0.1, -0.05) is 31.0 Å². The lowest BCUT2D eigenvalue weighted by atomic mass is 10.0. The van der Waals surface area contributed by atoms with Gasteiger partial charge in [0.05, 0.1) is 5.02 Å². The molecule has 0 aliphatic heterocycles. The SMILES string of the molecule is CCCC(NC)c1ccc(I)c(Cl)c1. The smallest absolute Gasteiger partial charge is 0.0542 e. The summed E-state index contributed by atoms with van der Waals surface area (Å²) in [6.07, 6.45) is 2.32. The Hall–Kier alpha value is 0.200. The molecule has 1 unspecified atom stereocenters. The molecular weight excluding hydrogens is 308 g/mol. The molecule has 1 aromatic carbocycles. The highest BCUT2D eigenvalue weighted by Crippen LogP contribution is 2.25. The summed E-state index contributed by atoms with van der Waals surface area (Å²) in [4.78, 5) is 0. The molecule has 0 bridgehead atoms. The molecule has 0 amide bonds. The van der Waals surface area contributed by atoms with E-state index in [2.05, 4.69) is 53.0 Å². The van der Waals surface area contributed by atoms with Crippen LogP contribution in [0.3, 0.4) is 0 Å². The van der Waals surface area contributed by atoms with E-state index in [0.717, 1.165) is 15.0 Å². The van der Waals surface area contributed by atoms with Crippen LogP contribution in [-0.4, -0.2) is 7.05 Å². The number of hydrogen-bond donors (Lipinski definition) is 1. The van der Waals surface area contributed by atoms with E-state index in [1.54, 1.807) is 0 Å². The predicted molar refractivity (Wildman–Crippen MR) is 70.9 cm³/mol. The van der Waals surface area contributed by atoms with Crippen LogP contribution in [0.25, 0.3) is 0 Å². The van der Waals surface area contributed by atoms with Crippen LogP contribution in [0.1, 0.15) is 31.4 Å². The van der Waals surface area contributed by atoms with Gasteiger partial charge in [-0.05, 0) is 53.8 Å². The number of benzene rings is 1. The van der Waals surface area contributed by atoms with E-state index in [0.29, 0.717) is 6.04 Å². The molecule has 1 rings (SSSR count). The van der Waals surface area contributed by atoms with Crippen molar-refractivity contribution in [1.82, 2.24) is 5.32 Å². The van der Waals surface area contributed by atoms with Crippen molar-refractivity contribution in [2.75, 3.05) is 7.05 Å². The molecule has 1 atom stereocenters. The zero-order valence-electron chi connectivity index (χ0n) is 8.48. The van der Waals surface area contributed by atoms with Crippen molar-refractivity contribution in [2.45, 2.75) is 25.8 Å². The highest BCUT2D eigenvalue weighted by atomic mass is 127. The van der Waals surface area contributed by atoms with Crippen molar-refractivity contribution >= 4 is 34.2 Å². The summed E-state index contributed by atoms with van der Waals surface area (Å²) in [5.41, 5.74) is 1.28. The first-order chi connectivity index (χ1) is 6.69. The second-order valence-electron chi connectivity index (χ2n) is 3.30. The normalized spacial score (nSPS) is 12.9. The van der Waals surface area contributed by atoms with Crippen molar-refractivity contribution in [3.63, 3.8) is 0 Å². The van der Waals surface area contributed by atoms with Crippen LogP contribution in [0, 0.1) is 3.57 Å². The fraction of sp³-hybridized carbons (Fsp3) is 0.455. The molecule has 78 valence electrons. The van der Waals surface area contributed by atoms with E-state index in [4.69, 9.17) is 11.6 Å². The maximum Gasteiger partial charge on any atom is 0.0542 e. The van der Waals surface area contributed by atoms with Gasteiger partial charge in [-0.25, -0.2) is 0 Å². The van der Waals surface area contributed by atoms with Crippen LogP contribution in [0.15, 0.2) is 18.2 Å². The van der Waals surface area contributed by atoms with Crippen LogP contribution in [0.5, 0.6) is 0 Å². The average Bonchev–Trinajstić information content (AvgIpc) is 2.19. The molecule has 1 nitrogen and oxygen atoms in total. The molecule has 0 heterocycles. The van der Waals surface area contributed by atoms with E-state index in [9.17, 15) is 0 Å². The minimum Gasteiger partial charge on any atom is -0.313 e.